The maximum absolute atomic E-state index is 14.3. The molecule has 0 aliphatic rings. The monoisotopic (exact) mass is 479 g/mol. The van der Waals surface area contributed by atoms with Crippen LogP contribution >= 0.6 is 22.7 Å². The Morgan fingerprint density at radius 2 is 1.52 bits per heavy atom. The smallest absolute Gasteiger partial charge is 0.191 e. The number of rotatable bonds is 9. The zero-order valence-electron chi connectivity index (χ0n) is 17.7. The van der Waals surface area contributed by atoms with Gasteiger partial charge >= 0.3 is 0 Å². The van der Waals surface area contributed by atoms with Crippen LogP contribution in [0.4, 0.5) is 4.39 Å². The summed E-state index contributed by atoms with van der Waals surface area (Å²) < 4.78 is 26.1. The van der Waals surface area contributed by atoms with Gasteiger partial charge in [-0.1, -0.05) is 30.3 Å². The molecule has 1 N–H and O–H groups in total. The molecule has 0 spiro atoms. The maximum atomic E-state index is 14.3. The first-order valence-electron chi connectivity index (χ1n) is 10.5. The average molecular weight is 480 g/mol. The van der Waals surface area contributed by atoms with Crippen molar-refractivity contribution in [2.24, 2.45) is 0 Å². The SMILES string of the molecule is OC(c1ccc(CN(Cc2ccco2)Cc2ccccc2F)o1)(c1cccs1)c1cccs1. The number of hydrogen-bond donors (Lipinski definition) is 1. The number of halogens is 1. The topological polar surface area (TPSA) is 49.8 Å². The summed E-state index contributed by atoms with van der Waals surface area (Å²) in [6.45, 7) is 1.32. The van der Waals surface area contributed by atoms with E-state index in [1.54, 1.807) is 18.4 Å². The number of aliphatic hydroxyl groups is 1. The Balaban J connectivity index is 1.44. The molecule has 5 rings (SSSR count). The Morgan fingerprint density at radius 1 is 0.788 bits per heavy atom. The Hall–Kier alpha value is -2.97. The van der Waals surface area contributed by atoms with Crippen LogP contribution in [0.3, 0.4) is 0 Å². The fraction of sp³-hybridized carbons (Fsp3) is 0.154. The highest BCUT2D eigenvalue weighted by molar-refractivity contribution is 7.11. The van der Waals surface area contributed by atoms with Gasteiger partial charge in [0.2, 0.25) is 0 Å². The van der Waals surface area contributed by atoms with Gasteiger partial charge in [-0.25, -0.2) is 4.39 Å². The molecule has 168 valence electrons. The molecule has 0 saturated heterocycles. The van der Waals surface area contributed by atoms with Crippen LogP contribution in [0.1, 0.15) is 32.6 Å². The summed E-state index contributed by atoms with van der Waals surface area (Å²) in [5.41, 5.74) is -0.748. The van der Waals surface area contributed by atoms with Crippen molar-refractivity contribution < 1.29 is 18.3 Å². The summed E-state index contributed by atoms with van der Waals surface area (Å²) in [5, 5.41) is 15.7. The second-order valence-corrected chi connectivity index (χ2v) is 9.64. The van der Waals surface area contributed by atoms with E-state index in [9.17, 15) is 9.50 Å². The summed E-state index contributed by atoms with van der Waals surface area (Å²) in [7, 11) is 0. The van der Waals surface area contributed by atoms with E-state index in [4.69, 9.17) is 8.83 Å². The lowest BCUT2D eigenvalue weighted by molar-refractivity contribution is 0.102. The third kappa shape index (κ3) is 4.58. The minimum absolute atomic E-state index is 0.244. The maximum Gasteiger partial charge on any atom is 0.191 e. The minimum atomic E-state index is -1.35. The quantitative estimate of drug-likeness (QED) is 0.258. The van der Waals surface area contributed by atoms with Crippen molar-refractivity contribution in [2.45, 2.75) is 25.2 Å². The molecule has 0 fully saturated rings. The van der Waals surface area contributed by atoms with Crippen LogP contribution in [0.5, 0.6) is 0 Å². The van der Waals surface area contributed by atoms with Crippen LogP contribution in [0.15, 0.2) is 98.7 Å². The molecule has 0 saturated carbocycles. The van der Waals surface area contributed by atoms with Crippen molar-refractivity contribution >= 4 is 22.7 Å². The lowest BCUT2D eigenvalue weighted by Crippen LogP contribution is -2.26. The molecule has 0 aliphatic heterocycles. The average Bonchev–Trinajstić information content (AvgIpc) is 3.63. The van der Waals surface area contributed by atoms with E-state index >= 15 is 0 Å². The van der Waals surface area contributed by atoms with Gasteiger partial charge in [0, 0.05) is 21.9 Å². The van der Waals surface area contributed by atoms with Crippen molar-refractivity contribution in [1.29, 1.82) is 0 Å². The predicted octanol–water partition coefficient (Wildman–Crippen LogP) is 6.62. The standard InChI is InChI=1S/C26H22FNO3S2/c27-22-8-2-1-6-19(22)16-28(17-20-7-3-13-30-20)18-21-11-12-23(31-21)26(29,24-9-4-14-32-24)25-10-5-15-33-25/h1-15,29H,16-18H2. The van der Waals surface area contributed by atoms with Gasteiger partial charge in [0.15, 0.2) is 5.60 Å². The zero-order valence-corrected chi connectivity index (χ0v) is 19.3. The molecule has 7 heteroatoms. The molecule has 0 radical (unpaired) electrons. The first-order valence-corrected chi connectivity index (χ1v) is 12.3. The predicted molar refractivity (Wildman–Crippen MR) is 128 cm³/mol. The molecule has 4 nitrogen and oxygen atoms in total. The summed E-state index contributed by atoms with van der Waals surface area (Å²) >= 11 is 2.97. The van der Waals surface area contributed by atoms with Gasteiger partial charge in [0.05, 0.1) is 19.4 Å². The van der Waals surface area contributed by atoms with Crippen molar-refractivity contribution in [3.05, 3.63) is 128 Å². The molecule has 33 heavy (non-hydrogen) atoms. The summed E-state index contributed by atoms with van der Waals surface area (Å²) in [4.78, 5) is 3.64. The number of hydrogen-bond acceptors (Lipinski definition) is 6. The fourth-order valence-electron chi connectivity index (χ4n) is 3.87. The molecule has 0 amide bonds. The van der Waals surface area contributed by atoms with Crippen LogP contribution < -0.4 is 0 Å². The first-order chi connectivity index (χ1) is 16.1. The van der Waals surface area contributed by atoms with E-state index in [0.717, 1.165) is 15.5 Å². The Morgan fingerprint density at radius 3 is 2.15 bits per heavy atom. The van der Waals surface area contributed by atoms with Crippen molar-refractivity contribution in [3.63, 3.8) is 0 Å². The second-order valence-electron chi connectivity index (χ2n) is 7.75. The molecule has 4 heterocycles. The summed E-state index contributed by atoms with van der Waals surface area (Å²) in [6, 6.07) is 21.9. The lowest BCUT2D eigenvalue weighted by Gasteiger charge is -2.24. The van der Waals surface area contributed by atoms with Gasteiger partial charge in [-0.15, -0.1) is 22.7 Å². The molecule has 0 bridgehead atoms. The van der Waals surface area contributed by atoms with Gasteiger partial charge in [0.1, 0.15) is 23.1 Å². The highest BCUT2D eigenvalue weighted by Crippen LogP contribution is 2.41. The fourth-order valence-corrected chi connectivity index (χ4v) is 5.62. The minimum Gasteiger partial charge on any atom is -0.468 e. The highest BCUT2D eigenvalue weighted by Gasteiger charge is 2.39. The van der Waals surface area contributed by atoms with E-state index in [1.165, 1.54) is 28.7 Å². The van der Waals surface area contributed by atoms with Gasteiger partial charge in [0.25, 0.3) is 0 Å². The lowest BCUT2D eigenvalue weighted by atomic mass is 9.97. The number of nitrogens with zero attached hydrogens (tertiary/aromatic N) is 1. The third-order valence-electron chi connectivity index (χ3n) is 5.46. The van der Waals surface area contributed by atoms with E-state index in [-0.39, 0.29) is 5.82 Å². The molecule has 0 aliphatic carbocycles. The molecule has 0 atom stereocenters. The Bertz CT molecular complexity index is 1240. The highest BCUT2D eigenvalue weighted by atomic mass is 32.1. The zero-order chi connectivity index (χ0) is 22.7. The number of benzene rings is 1. The summed E-state index contributed by atoms with van der Waals surface area (Å²) in [6.07, 6.45) is 1.63. The molecule has 4 aromatic heterocycles. The Labute approximate surface area is 199 Å². The van der Waals surface area contributed by atoms with Crippen LogP contribution in [0.25, 0.3) is 0 Å². The molecular weight excluding hydrogens is 457 g/mol. The normalized spacial score (nSPS) is 12.0. The van der Waals surface area contributed by atoms with E-state index in [1.807, 2.05) is 65.4 Å². The van der Waals surface area contributed by atoms with Gasteiger partial charge < -0.3 is 13.9 Å². The van der Waals surface area contributed by atoms with Crippen LogP contribution in [-0.4, -0.2) is 10.0 Å². The van der Waals surface area contributed by atoms with Crippen LogP contribution in [0, 0.1) is 5.82 Å². The molecule has 5 aromatic rings. The third-order valence-corrected chi connectivity index (χ3v) is 7.42. The molecular formula is C26H22FNO3S2. The van der Waals surface area contributed by atoms with Gasteiger partial charge in [-0.3, -0.25) is 4.90 Å². The van der Waals surface area contributed by atoms with Crippen LogP contribution in [-0.2, 0) is 25.2 Å². The van der Waals surface area contributed by atoms with Gasteiger partial charge in [-0.2, -0.15) is 0 Å². The molecule has 0 unspecified atom stereocenters. The van der Waals surface area contributed by atoms with Crippen LogP contribution in [0.2, 0.25) is 0 Å². The first kappa shape index (κ1) is 21.9. The number of furan rings is 2. The van der Waals surface area contributed by atoms with Gasteiger partial charge in [-0.05, 0) is 53.2 Å². The van der Waals surface area contributed by atoms with Crippen molar-refractivity contribution in [2.75, 3.05) is 0 Å². The Kier molecular flexibility index (Phi) is 6.28. The largest absolute Gasteiger partial charge is 0.468 e. The summed E-state index contributed by atoms with van der Waals surface area (Å²) in [5.74, 6) is 1.68. The van der Waals surface area contributed by atoms with Crippen molar-refractivity contribution in [3.8, 4) is 0 Å². The van der Waals surface area contributed by atoms with E-state index in [0.29, 0.717) is 36.7 Å². The van der Waals surface area contributed by atoms with E-state index < -0.39 is 5.60 Å². The van der Waals surface area contributed by atoms with Crippen molar-refractivity contribution in [1.82, 2.24) is 4.90 Å². The second kappa shape index (κ2) is 9.49. The number of thiophene rings is 2. The van der Waals surface area contributed by atoms with E-state index in [2.05, 4.69) is 4.90 Å². The molecule has 1 aromatic carbocycles.